The number of hydrogen-bond donors (Lipinski definition) is 0. The molecule has 2 heterocycles. The summed E-state index contributed by atoms with van der Waals surface area (Å²) in [6.45, 7) is 1.75. The van der Waals surface area contributed by atoms with Crippen molar-refractivity contribution in [1.29, 1.82) is 0 Å². The lowest BCUT2D eigenvalue weighted by Crippen LogP contribution is -2.31. The number of carbonyl (C=O) groups is 1. The molecule has 0 atom stereocenters. The first-order valence-electron chi connectivity index (χ1n) is 9.39. The molecule has 0 N–H and O–H groups in total. The highest BCUT2D eigenvalue weighted by molar-refractivity contribution is 7.22. The third-order valence-electron chi connectivity index (χ3n) is 4.85. The van der Waals surface area contributed by atoms with Gasteiger partial charge in [-0.15, -0.1) is 0 Å². The number of methoxy groups -OCH3 is 1. The first-order chi connectivity index (χ1) is 15.0. The maximum atomic E-state index is 13.6. The summed E-state index contributed by atoms with van der Waals surface area (Å²) in [7, 11) is 1.57. The van der Waals surface area contributed by atoms with E-state index in [4.69, 9.17) is 4.74 Å². The summed E-state index contributed by atoms with van der Waals surface area (Å²) < 4.78 is 6.26. The van der Waals surface area contributed by atoms with E-state index in [2.05, 4.69) is 9.97 Å². The Labute approximate surface area is 181 Å². The normalized spacial score (nSPS) is 10.8. The number of nitro benzene ring substituents is 1. The monoisotopic (exact) mass is 434 g/mol. The number of anilines is 1. The number of ether oxygens (including phenoxy) is 1. The Morgan fingerprint density at radius 1 is 1.16 bits per heavy atom. The summed E-state index contributed by atoms with van der Waals surface area (Å²) in [5, 5.41) is 11.8. The average molecular weight is 434 g/mol. The second-order valence-corrected chi connectivity index (χ2v) is 7.73. The Bertz CT molecular complexity index is 1270. The summed E-state index contributed by atoms with van der Waals surface area (Å²) in [6, 6.07) is 15.5. The number of hydrogen-bond acceptors (Lipinski definition) is 7. The number of thiazole rings is 1. The number of benzene rings is 2. The fraction of sp³-hybridized carbons (Fsp3) is 0.136. The summed E-state index contributed by atoms with van der Waals surface area (Å²) in [5.74, 6) is 0.224. The van der Waals surface area contributed by atoms with Crippen LogP contribution in [0.25, 0.3) is 10.2 Å². The predicted octanol–water partition coefficient (Wildman–Crippen LogP) is 4.76. The van der Waals surface area contributed by atoms with Crippen LogP contribution in [-0.2, 0) is 6.54 Å². The zero-order valence-corrected chi connectivity index (χ0v) is 17.6. The molecule has 0 spiro atoms. The molecule has 0 saturated heterocycles. The fourth-order valence-corrected chi connectivity index (χ4v) is 4.25. The van der Waals surface area contributed by atoms with Crippen molar-refractivity contribution >= 4 is 38.3 Å². The molecule has 8 nitrogen and oxygen atoms in total. The van der Waals surface area contributed by atoms with Gasteiger partial charge in [0.15, 0.2) is 5.13 Å². The molecule has 4 aromatic rings. The molecule has 2 aromatic carbocycles. The van der Waals surface area contributed by atoms with Gasteiger partial charge in [0.05, 0.1) is 29.0 Å². The topological polar surface area (TPSA) is 98.5 Å². The van der Waals surface area contributed by atoms with E-state index < -0.39 is 4.92 Å². The number of aromatic nitrogens is 2. The molecule has 4 rings (SSSR count). The van der Waals surface area contributed by atoms with Crippen LogP contribution in [0.15, 0.2) is 60.8 Å². The highest BCUT2D eigenvalue weighted by Crippen LogP contribution is 2.35. The third-order valence-corrected chi connectivity index (χ3v) is 5.89. The fourth-order valence-electron chi connectivity index (χ4n) is 3.27. The van der Waals surface area contributed by atoms with Crippen LogP contribution >= 0.6 is 11.3 Å². The van der Waals surface area contributed by atoms with E-state index in [9.17, 15) is 14.9 Å². The number of nitrogens with zero attached hydrogens (tertiary/aromatic N) is 4. The molecular weight excluding hydrogens is 416 g/mol. The van der Waals surface area contributed by atoms with E-state index >= 15 is 0 Å². The van der Waals surface area contributed by atoms with Crippen LogP contribution in [0.2, 0.25) is 0 Å². The Morgan fingerprint density at radius 3 is 2.68 bits per heavy atom. The van der Waals surface area contributed by atoms with Gasteiger partial charge >= 0.3 is 0 Å². The van der Waals surface area contributed by atoms with Crippen LogP contribution in [0.4, 0.5) is 10.8 Å². The molecular formula is C22H18N4O4S. The number of para-hydroxylation sites is 1. The third kappa shape index (κ3) is 3.95. The standard InChI is InChI=1S/C22H18N4O4S/c1-14-16(8-5-9-17(14)26(28)29)21(27)25(13-15-7-3-4-12-23-15)22-24-20-18(30-2)10-6-11-19(20)31-22/h3-12H,13H2,1-2H3. The van der Waals surface area contributed by atoms with Gasteiger partial charge in [0.2, 0.25) is 0 Å². The van der Waals surface area contributed by atoms with Gasteiger partial charge in [0.1, 0.15) is 11.3 Å². The van der Waals surface area contributed by atoms with E-state index in [-0.39, 0.29) is 23.7 Å². The van der Waals surface area contributed by atoms with Crippen LogP contribution in [0.5, 0.6) is 5.75 Å². The molecule has 31 heavy (non-hydrogen) atoms. The zero-order chi connectivity index (χ0) is 22.0. The Balaban J connectivity index is 1.83. The van der Waals surface area contributed by atoms with Crippen LogP contribution < -0.4 is 9.64 Å². The van der Waals surface area contributed by atoms with Gasteiger partial charge in [-0.05, 0) is 37.3 Å². The Hall–Kier alpha value is -3.85. The summed E-state index contributed by atoms with van der Waals surface area (Å²) in [5.41, 5.74) is 1.78. The van der Waals surface area contributed by atoms with E-state index in [1.807, 2.05) is 24.3 Å². The second kappa shape index (κ2) is 8.49. The highest BCUT2D eigenvalue weighted by atomic mass is 32.1. The molecule has 0 aliphatic carbocycles. The second-order valence-electron chi connectivity index (χ2n) is 6.72. The molecule has 9 heteroatoms. The van der Waals surface area contributed by atoms with E-state index in [0.717, 1.165) is 4.70 Å². The molecule has 0 saturated carbocycles. The molecule has 1 amide bonds. The van der Waals surface area contributed by atoms with Crippen LogP contribution in [0, 0.1) is 17.0 Å². The molecule has 0 radical (unpaired) electrons. The van der Waals surface area contributed by atoms with Crippen molar-refractivity contribution in [2.45, 2.75) is 13.5 Å². The molecule has 0 unspecified atom stereocenters. The molecule has 0 fully saturated rings. The number of carbonyl (C=O) groups excluding carboxylic acids is 1. The molecule has 2 aromatic heterocycles. The largest absolute Gasteiger partial charge is 0.494 e. The van der Waals surface area contributed by atoms with E-state index in [1.165, 1.54) is 28.4 Å². The van der Waals surface area contributed by atoms with E-state index in [0.29, 0.717) is 27.7 Å². The Kier molecular flexibility index (Phi) is 5.59. The summed E-state index contributed by atoms with van der Waals surface area (Å²) in [6.07, 6.45) is 1.65. The number of fused-ring (bicyclic) bond motifs is 1. The Morgan fingerprint density at radius 2 is 1.97 bits per heavy atom. The SMILES string of the molecule is COc1cccc2sc(N(Cc3ccccn3)C(=O)c3cccc([N+](=O)[O-])c3C)nc12. The van der Waals surface area contributed by atoms with Gasteiger partial charge in [-0.1, -0.05) is 29.5 Å². The van der Waals surface area contributed by atoms with Crippen LogP contribution in [0.1, 0.15) is 21.6 Å². The lowest BCUT2D eigenvalue weighted by atomic mass is 10.1. The smallest absolute Gasteiger partial charge is 0.273 e. The predicted molar refractivity (Wildman–Crippen MR) is 119 cm³/mol. The van der Waals surface area contributed by atoms with Gasteiger partial charge in [0, 0.05) is 23.4 Å². The van der Waals surface area contributed by atoms with Crippen molar-refractivity contribution in [2.75, 3.05) is 12.0 Å². The average Bonchev–Trinajstić information content (AvgIpc) is 3.21. The summed E-state index contributed by atoms with van der Waals surface area (Å²) >= 11 is 1.35. The number of nitro groups is 1. The van der Waals surface area contributed by atoms with Gasteiger partial charge in [-0.2, -0.15) is 0 Å². The molecule has 0 aliphatic rings. The van der Waals surface area contributed by atoms with Crippen molar-refractivity contribution in [2.24, 2.45) is 0 Å². The first kappa shape index (κ1) is 20.4. The highest BCUT2D eigenvalue weighted by Gasteiger charge is 2.26. The van der Waals surface area contributed by atoms with E-state index in [1.54, 1.807) is 38.4 Å². The van der Waals surface area contributed by atoms with Gasteiger partial charge in [-0.25, -0.2) is 4.98 Å². The quantitative estimate of drug-likeness (QED) is 0.320. The zero-order valence-electron chi connectivity index (χ0n) is 16.8. The van der Waals surface area contributed by atoms with Crippen molar-refractivity contribution in [1.82, 2.24) is 9.97 Å². The molecule has 156 valence electrons. The van der Waals surface area contributed by atoms with Crippen molar-refractivity contribution in [3.05, 3.63) is 87.7 Å². The molecule has 0 bridgehead atoms. The number of amides is 1. The van der Waals surface area contributed by atoms with Gasteiger partial charge < -0.3 is 4.74 Å². The first-order valence-corrected chi connectivity index (χ1v) is 10.2. The maximum absolute atomic E-state index is 13.6. The maximum Gasteiger partial charge on any atom is 0.273 e. The summed E-state index contributed by atoms with van der Waals surface area (Å²) in [4.78, 5) is 34.9. The molecule has 0 aliphatic heterocycles. The number of rotatable bonds is 6. The van der Waals surface area contributed by atoms with Crippen LogP contribution in [0.3, 0.4) is 0 Å². The minimum absolute atomic E-state index is 0.102. The lowest BCUT2D eigenvalue weighted by molar-refractivity contribution is -0.385. The van der Waals surface area contributed by atoms with Crippen molar-refractivity contribution in [3.63, 3.8) is 0 Å². The minimum atomic E-state index is -0.488. The van der Waals surface area contributed by atoms with Crippen molar-refractivity contribution in [3.8, 4) is 5.75 Å². The van der Waals surface area contributed by atoms with Crippen LogP contribution in [-0.4, -0.2) is 27.9 Å². The van der Waals surface area contributed by atoms with Gasteiger partial charge in [0.25, 0.3) is 11.6 Å². The minimum Gasteiger partial charge on any atom is -0.494 e. The van der Waals surface area contributed by atoms with Crippen molar-refractivity contribution < 1.29 is 14.5 Å². The number of pyridine rings is 1. The lowest BCUT2D eigenvalue weighted by Gasteiger charge is -2.20. The van der Waals surface area contributed by atoms with Gasteiger partial charge in [-0.3, -0.25) is 24.8 Å².